The number of hydrogen-bond donors (Lipinski definition) is 0. The molecule has 0 fully saturated rings. The molecule has 2 aromatic rings. The zero-order valence-electron chi connectivity index (χ0n) is 9.96. The van der Waals surface area contributed by atoms with Crippen LogP contribution in [0.4, 0.5) is 0 Å². The number of methoxy groups -OCH3 is 1. The van der Waals surface area contributed by atoms with Gasteiger partial charge in [0.05, 0.1) is 18.6 Å². The second-order valence-corrected chi connectivity index (χ2v) is 4.01. The van der Waals surface area contributed by atoms with Gasteiger partial charge >= 0.3 is 18.9 Å². The second kappa shape index (κ2) is 7.40. The van der Waals surface area contributed by atoms with E-state index in [-0.39, 0.29) is 18.9 Å². The molecule has 2 aromatic carbocycles. The summed E-state index contributed by atoms with van der Waals surface area (Å²) in [5, 5.41) is 1.02. The average molecular weight is 238 g/mol. The molecule has 0 N–H and O–H groups in total. The first-order valence-corrected chi connectivity index (χ1v) is 5.77. The molecular formula is C13H12LiO2P. The van der Waals surface area contributed by atoms with E-state index in [2.05, 4.69) is 0 Å². The molecule has 0 heterocycles. The third-order valence-electron chi connectivity index (χ3n) is 2.08. The number of para-hydroxylation sites is 2. The fourth-order valence-corrected chi connectivity index (χ4v) is 2.02. The van der Waals surface area contributed by atoms with Crippen molar-refractivity contribution in [2.24, 2.45) is 0 Å². The number of rotatable bonds is 4. The van der Waals surface area contributed by atoms with Crippen LogP contribution >= 0.6 is 8.81 Å². The standard InChI is InChI=1S/C13H12O2P.Li/c1-14-12-9-5-6-10-13(12)16-15-11-7-3-2-4-8-11;/h2-10H,1H3;/q-1;+1. The third-order valence-corrected chi connectivity index (χ3v) is 2.95. The van der Waals surface area contributed by atoms with Crippen molar-refractivity contribution in [1.82, 2.24) is 0 Å². The van der Waals surface area contributed by atoms with E-state index in [1.807, 2.05) is 54.6 Å². The van der Waals surface area contributed by atoms with Gasteiger partial charge in [-0.15, -0.1) is 5.30 Å². The van der Waals surface area contributed by atoms with E-state index in [9.17, 15) is 0 Å². The molecule has 0 saturated carbocycles. The summed E-state index contributed by atoms with van der Waals surface area (Å²) in [7, 11) is 2.44. The molecule has 0 aromatic heterocycles. The Labute approximate surface area is 115 Å². The Bertz CT molecular complexity index is 448. The molecule has 4 heteroatoms. The van der Waals surface area contributed by atoms with Crippen molar-refractivity contribution < 1.29 is 28.1 Å². The van der Waals surface area contributed by atoms with Crippen molar-refractivity contribution in [2.75, 3.05) is 7.11 Å². The van der Waals surface area contributed by atoms with Crippen molar-refractivity contribution in [1.29, 1.82) is 0 Å². The van der Waals surface area contributed by atoms with Gasteiger partial charge in [0.25, 0.3) is 0 Å². The van der Waals surface area contributed by atoms with Gasteiger partial charge < -0.3 is 9.26 Å². The number of benzene rings is 2. The van der Waals surface area contributed by atoms with Gasteiger partial charge in [-0.05, 0) is 18.2 Å². The molecule has 0 aliphatic carbocycles. The minimum absolute atomic E-state index is 0. The summed E-state index contributed by atoms with van der Waals surface area (Å²) in [6.07, 6.45) is 0. The summed E-state index contributed by atoms with van der Waals surface area (Å²) >= 11 is 0. The molecule has 2 rings (SSSR count). The number of hydrogen-bond acceptors (Lipinski definition) is 2. The van der Waals surface area contributed by atoms with Gasteiger partial charge in [-0.1, -0.05) is 36.4 Å². The molecule has 0 aliphatic heterocycles. The Kier molecular flexibility index (Phi) is 6.15. The molecule has 0 saturated heterocycles. The Morgan fingerprint density at radius 1 is 0.882 bits per heavy atom. The quantitative estimate of drug-likeness (QED) is 0.562. The molecule has 0 bridgehead atoms. The summed E-state index contributed by atoms with van der Waals surface area (Å²) in [5.41, 5.74) is 0. The van der Waals surface area contributed by atoms with Gasteiger partial charge in [-0.25, -0.2) is 0 Å². The number of ether oxygens (including phenoxy) is 1. The van der Waals surface area contributed by atoms with Gasteiger partial charge in [-0.3, -0.25) is 8.81 Å². The second-order valence-electron chi connectivity index (χ2n) is 3.17. The fraction of sp³-hybridized carbons (Fsp3) is 0.0769. The first kappa shape index (κ1) is 14.1. The van der Waals surface area contributed by atoms with Crippen LogP contribution in [0.5, 0.6) is 11.5 Å². The summed E-state index contributed by atoms with van der Waals surface area (Å²) in [6, 6.07) is 17.6. The Morgan fingerprint density at radius 2 is 1.53 bits per heavy atom. The van der Waals surface area contributed by atoms with Crippen LogP contribution in [0, 0.1) is 0 Å². The van der Waals surface area contributed by atoms with Crippen LogP contribution in [-0.4, -0.2) is 7.11 Å². The van der Waals surface area contributed by atoms with Crippen LogP contribution < -0.4 is 33.4 Å². The largest absolute Gasteiger partial charge is 1.00 e. The van der Waals surface area contributed by atoms with Gasteiger partial charge in [0.1, 0.15) is 0 Å². The molecule has 0 amide bonds. The minimum atomic E-state index is 0. The van der Waals surface area contributed by atoms with Crippen molar-refractivity contribution in [3.8, 4) is 11.5 Å². The molecule has 0 atom stereocenters. The maximum absolute atomic E-state index is 5.63. The van der Waals surface area contributed by atoms with Crippen molar-refractivity contribution >= 4 is 14.1 Å². The van der Waals surface area contributed by atoms with Crippen molar-refractivity contribution in [2.45, 2.75) is 0 Å². The third kappa shape index (κ3) is 4.09. The van der Waals surface area contributed by atoms with Gasteiger partial charge in [-0.2, -0.15) is 0 Å². The van der Waals surface area contributed by atoms with Crippen LogP contribution in [0.2, 0.25) is 0 Å². The maximum Gasteiger partial charge on any atom is 1.00 e. The van der Waals surface area contributed by atoms with E-state index in [4.69, 9.17) is 9.26 Å². The van der Waals surface area contributed by atoms with E-state index in [0.717, 1.165) is 25.6 Å². The first-order chi connectivity index (χ1) is 7.90. The Hall–Kier alpha value is -0.933. The monoisotopic (exact) mass is 238 g/mol. The minimum Gasteiger partial charge on any atom is -0.665 e. The predicted molar refractivity (Wildman–Crippen MR) is 66.6 cm³/mol. The van der Waals surface area contributed by atoms with Crippen LogP contribution in [0.25, 0.3) is 0 Å². The normalized spacial score (nSPS) is 9.94. The molecule has 0 radical (unpaired) electrons. The molecule has 82 valence electrons. The van der Waals surface area contributed by atoms with E-state index < -0.39 is 0 Å². The Morgan fingerprint density at radius 3 is 2.24 bits per heavy atom. The van der Waals surface area contributed by atoms with Gasteiger partial charge in [0.15, 0.2) is 0 Å². The van der Waals surface area contributed by atoms with Gasteiger partial charge in [0.2, 0.25) is 0 Å². The van der Waals surface area contributed by atoms with E-state index >= 15 is 0 Å². The maximum atomic E-state index is 5.63. The van der Waals surface area contributed by atoms with Crippen LogP contribution in [-0.2, 0) is 0 Å². The summed E-state index contributed by atoms with van der Waals surface area (Å²) in [6.45, 7) is 0. The van der Waals surface area contributed by atoms with Gasteiger partial charge in [0, 0.05) is 0 Å². The Balaban J connectivity index is 0.00000144. The van der Waals surface area contributed by atoms with E-state index in [1.165, 1.54) is 0 Å². The topological polar surface area (TPSA) is 18.5 Å². The zero-order valence-corrected chi connectivity index (χ0v) is 10.9. The summed E-state index contributed by atoms with van der Waals surface area (Å²) < 4.78 is 10.9. The summed E-state index contributed by atoms with van der Waals surface area (Å²) in [5.74, 6) is 1.70. The SMILES string of the molecule is COc1ccccc1[P-]Oc1ccccc1.[Li+]. The van der Waals surface area contributed by atoms with E-state index in [0.29, 0.717) is 0 Å². The summed E-state index contributed by atoms with van der Waals surface area (Å²) in [4.78, 5) is 0. The first-order valence-electron chi connectivity index (χ1n) is 4.96. The van der Waals surface area contributed by atoms with Crippen LogP contribution in [0.3, 0.4) is 0 Å². The molecular weight excluding hydrogens is 226 g/mol. The van der Waals surface area contributed by atoms with Crippen molar-refractivity contribution in [3.05, 3.63) is 54.6 Å². The predicted octanol–water partition coefficient (Wildman–Crippen LogP) is 0.265. The van der Waals surface area contributed by atoms with Crippen LogP contribution in [0.15, 0.2) is 54.6 Å². The van der Waals surface area contributed by atoms with E-state index in [1.54, 1.807) is 7.11 Å². The molecule has 2 nitrogen and oxygen atoms in total. The van der Waals surface area contributed by atoms with Crippen molar-refractivity contribution in [3.63, 3.8) is 0 Å². The zero-order chi connectivity index (χ0) is 11.2. The average Bonchev–Trinajstić information content (AvgIpc) is 2.38. The molecule has 17 heavy (non-hydrogen) atoms. The smallest absolute Gasteiger partial charge is 0.665 e. The molecule has 0 unspecified atom stereocenters. The molecule has 0 aliphatic rings. The van der Waals surface area contributed by atoms with Crippen LogP contribution in [0.1, 0.15) is 0 Å². The molecule has 0 spiro atoms. The fourth-order valence-electron chi connectivity index (χ4n) is 1.29.